The average Bonchev–Trinajstić information content (AvgIpc) is 2.45. The molecule has 2 rings (SSSR count). The van der Waals surface area contributed by atoms with Crippen molar-refractivity contribution < 1.29 is 18.0 Å². The van der Waals surface area contributed by atoms with Crippen molar-refractivity contribution in [3.63, 3.8) is 0 Å². The van der Waals surface area contributed by atoms with Gasteiger partial charge in [-0.05, 0) is 32.9 Å². The number of anilines is 1. The van der Waals surface area contributed by atoms with Gasteiger partial charge >= 0.3 is 6.03 Å². The number of rotatable bonds is 4. The normalized spacial score (nSPS) is 11.0. The van der Waals surface area contributed by atoms with Crippen LogP contribution in [-0.4, -0.2) is 30.2 Å². The Labute approximate surface area is 139 Å². The minimum atomic E-state index is -4.21. The van der Waals surface area contributed by atoms with Crippen LogP contribution in [0, 0.1) is 13.8 Å². The molecule has 1 aromatic heterocycles. The quantitative estimate of drug-likeness (QED) is 0.814. The van der Waals surface area contributed by atoms with E-state index in [-0.39, 0.29) is 16.4 Å². The van der Waals surface area contributed by atoms with Crippen LogP contribution < -0.4 is 10.0 Å². The predicted octanol–water partition coefficient (Wildman–Crippen LogP) is 1.81. The number of urea groups is 1. The number of aryl methyl sites for hydroxylation is 2. The Morgan fingerprint density at radius 1 is 1.04 bits per heavy atom. The average molecular weight is 348 g/mol. The molecule has 2 amide bonds. The van der Waals surface area contributed by atoms with E-state index in [4.69, 9.17) is 0 Å². The lowest BCUT2D eigenvalue weighted by molar-refractivity contribution is 0.101. The van der Waals surface area contributed by atoms with Gasteiger partial charge in [0, 0.05) is 17.0 Å². The second-order valence-corrected chi connectivity index (χ2v) is 6.74. The Bertz CT molecular complexity index is 889. The summed E-state index contributed by atoms with van der Waals surface area (Å²) in [6.07, 6.45) is 0. The molecule has 0 radical (unpaired) electrons. The van der Waals surface area contributed by atoms with E-state index in [1.54, 1.807) is 26.0 Å². The number of hydrogen-bond acceptors (Lipinski definition) is 6. The number of amides is 2. The van der Waals surface area contributed by atoms with Gasteiger partial charge in [-0.25, -0.2) is 27.9 Å². The third-order valence-corrected chi connectivity index (χ3v) is 4.38. The highest BCUT2D eigenvalue weighted by Crippen LogP contribution is 2.16. The fraction of sp³-hybridized carbons (Fsp3) is 0.200. The monoisotopic (exact) mass is 348 g/mol. The molecule has 0 fully saturated rings. The van der Waals surface area contributed by atoms with Gasteiger partial charge in [-0.3, -0.25) is 10.1 Å². The topological polar surface area (TPSA) is 118 Å². The molecule has 8 nitrogen and oxygen atoms in total. The molecule has 0 saturated carbocycles. The minimum Gasteiger partial charge on any atom is -0.294 e. The molecule has 1 aromatic carbocycles. The Morgan fingerprint density at radius 3 is 2.21 bits per heavy atom. The Kier molecular flexibility index (Phi) is 4.93. The summed E-state index contributed by atoms with van der Waals surface area (Å²) < 4.78 is 26.5. The van der Waals surface area contributed by atoms with Crippen LogP contribution in [0.1, 0.15) is 28.7 Å². The van der Waals surface area contributed by atoms with E-state index >= 15 is 0 Å². The van der Waals surface area contributed by atoms with E-state index in [0.717, 1.165) is 0 Å². The van der Waals surface area contributed by atoms with Crippen molar-refractivity contribution in [2.45, 2.75) is 25.7 Å². The number of nitrogens with one attached hydrogen (secondary N) is 2. The molecule has 0 atom stereocenters. The summed E-state index contributed by atoms with van der Waals surface area (Å²) >= 11 is 0. The summed E-state index contributed by atoms with van der Waals surface area (Å²) in [7, 11) is -4.21. The third-order valence-electron chi connectivity index (χ3n) is 2.99. The van der Waals surface area contributed by atoms with Crippen molar-refractivity contribution in [1.82, 2.24) is 14.7 Å². The molecule has 126 valence electrons. The summed E-state index contributed by atoms with van der Waals surface area (Å²) in [5, 5.41) is 2.26. The van der Waals surface area contributed by atoms with Gasteiger partial charge in [0.05, 0.1) is 4.90 Å². The van der Waals surface area contributed by atoms with E-state index in [9.17, 15) is 18.0 Å². The van der Waals surface area contributed by atoms with Crippen LogP contribution in [0.4, 0.5) is 10.7 Å². The zero-order valence-corrected chi connectivity index (χ0v) is 14.1. The van der Waals surface area contributed by atoms with Crippen LogP contribution in [0.25, 0.3) is 0 Å². The first-order valence-corrected chi connectivity index (χ1v) is 8.43. The fourth-order valence-electron chi connectivity index (χ4n) is 2.08. The number of benzene rings is 1. The van der Waals surface area contributed by atoms with E-state index < -0.39 is 21.8 Å². The highest BCUT2D eigenvalue weighted by molar-refractivity contribution is 7.90. The lowest BCUT2D eigenvalue weighted by Crippen LogP contribution is -2.35. The Hall–Kier alpha value is -2.81. The van der Waals surface area contributed by atoms with Gasteiger partial charge in [0.1, 0.15) is 0 Å². The number of carbonyl (C=O) groups excluding carboxylic acids is 2. The maximum atomic E-state index is 12.3. The lowest BCUT2D eigenvalue weighted by Gasteiger charge is -2.10. The molecular formula is C15H16N4O4S. The zero-order chi connectivity index (χ0) is 17.9. The molecule has 0 saturated heterocycles. The molecule has 2 N–H and O–H groups in total. The number of nitrogens with zero attached hydrogens (tertiary/aromatic N) is 2. The summed E-state index contributed by atoms with van der Waals surface area (Å²) in [5.74, 6) is -0.436. The number of aromatic nitrogens is 2. The van der Waals surface area contributed by atoms with Crippen molar-refractivity contribution in [1.29, 1.82) is 0 Å². The van der Waals surface area contributed by atoms with E-state index in [1.807, 2.05) is 4.72 Å². The second kappa shape index (κ2) is 6.75. The van der Waals surface area contributed by atoms with Gasteiger partial charge in [0.25, 0.3) is 10.0 Å². The SMILES string of the molecule is CC(=O)c1ccccc1S(=O)(=O)NC(=O)Nc1nc(C)cc(C)n1. The van der Waals surface area contributed by atoms with Gasteiger partial charge < -0.3 is 0 Å². The first kappa shape index (κ1) is 17.5. The van der Waals surface area contributed by atoms with Crippen molar-refractivity contribution in [2.24, 2.45) is 0 Å². The van der Waals surface area contributed by atoms with Crippen LogP contribution in [0.15, 0.2) is 35.2 Å². The van der Waals surface area contributed by atoms with E-state index in [2.05, 4.69) is 15.3 Å². The molecule has 0 spiro atoms. The summed E-state index contributed by atoms with van der Waals surface area (Å²) in [4.78, 5) is 31.2. The van der Waals surface area contributed by atoms with E-state index in [0.29, 0.717) is 11.4 Å². The van der Waals surface area contributed by atoms with Crippen LogP contribution >= 0.6 is 0 Å². The number of ketones is 1. The van der Waals surface area contributed by atoms with Crippen LogP contribution in [0.5, 0.6) is 0 Å². The molecule has 1 heterocycles. The first-order valence-electron chi connectivity index (χ1n) is 6.95. The number of carbonyl (C=O) groups is 2. The van der Waals surface area contributed by atoms with E-state index in [1.165, 1.54) is 25.1 Å². The smallest absolute Gasteiger partial charge is 0.294 e. The van der Waals surface area contributed by atoms with Gasteiger partial charge in [0.15, 0.2) is 5.78 Å². The molecule has 2 aromatic rings. The van der Waals surface area contributed by atoms with Gasteiger partial charge in [-0.1, -0.05) is 18.2 Å². The van der Waals surface area contributed by atoms with Crippen LogP contribution in [0.2, 0.25) is 0 Å². The second-order valence-electron chi connectivity index (χ2n) is 5.09. The molecular weight excluding hydrogens is 332 g/mol. The number of hydrogen-bond donors (Lipinski definition) is 2. The molecule has 0 unspecified atom stereocenters. The summed E-state index contributed by atoms with van der Waals surface area (Å²) in [6, 6.07) is 6.33. The van der Waals surface area contributed by atoms with Crippen molar-refractivity contribution >= 4 is 27.8 Å². The molecule has 0 aliphatic heterocycles. The summed E-state index contributed by atoms with van der Waals surface area (Å²) in [5.41, 5.74) is 1.26. The first-order chi connectivity index (χ1) is 11.2. The van der Waals surface area contributed by atoms with Gasteiger partial charge in [-0.15, -0.1) is 0 Å². The third kappa shape index (κ3) is 4.13. The molecule has 0 aliphatic carbocycles. The van der Waals surface area contributed by atoms with Crippen molar-refractivity contribution in [3.05, 3.63) is 47.3 Å². The standard InChI is InChI=1S/C15H16N4O4S/c1-9-8-10(2)17-14(16-9)18-15(21)19-24(22,23)13-7-5-4-6-12(13)11(3)20/h4-8H,1-3H3,(H2,16,17,18,19,21). The van der Waals surface area contributed by atoms with Crippen LogP contribution in [0.3, 0.4) is 0 Å². The minimum absolute atomic E-state index is 0.000417. The predicted molar refractivity (Wildman–Crippen MR) is 87.3 cm³/mol. The van der Waals surface area contributed by atoms with Crippen molar-refractivity contribution in [3.8, 4) is 0 Å². The van der Waals surface area contributed by atoms with Gasteiger partial charge in [-0.2, -0.15) is 0 Å². The molecule has 9 heteroatoms. The Morgan fingerprint density at radius 2 is 1.62 bits per heavy atom. The molecule has 0 bridgehead atoms. The largest absolute Gasteiger partial charge is 0.335 e. The highest BCUT2D eigenvalue weighted by atomic mass is 32.2. The van der Waals surface area contributed by atoms with Gasteiger partial charge in [0.2, 0.25) is 5.95 Å². The zero-order valence-electron chi connectivity index (χ0n) is 13.3. The summed E-state index contributed by atoms with van der Waals surface area (Å²) in [6.45, 7) is 4.69. The number of sulfonamides is 1. The van der Waals surface area contributed by atoms with Crippen LogP contribution in [-0.2, 0) is 10.0 Å². The fourth-order valence-corrected chi connectivity index (χ4v) is 3.24. The molecule has 24 heavy (non-hydrogen) atoms. The maximum absolute atomic E-state index is 12.3. The maximum Gasteiger partial charge on any atom is 0.335 e. The number of Topliss-reactive ketones (excluding diaryl/α,β-unsaturated/α-hetero) is 1. The lowest BCUT2D eigenvalue weighted by atomic mass is 10.1. The molecule has 0 aliphatic rings. The van der Waals surface area contributed by atoms with Crippen molar-refractivity contribution in [2.75, 3.05) is 5.32 Å². The Balaban J connectivity index is 2.23. The highest BCUT2D eigenvalue weighted by Gasteiger charge is 2.23.